The number of hydrogen-bond acceptors (Lipinski definition) is 4. The van der Waals surface area contributed by atoms with Gasteiger partial charge >= 0.3 is 0 Å². The second-order valence-corrected chi connectivity index (χ2v) is 4.26. The molecule has 0 saturated carbocycles. The molecule has 1 heterocycles. The van der Waals surface area contributed by atoms with Gasteiger partial charge in [-0.05, 0) is 25.5 Å². The number of anilines is 1. The molecule has 6 heteroatoms. The number of hydrogen-bond donors (Lipinski definition) is 1. The summed E-state index contributed by atoms with van der Waals surface area (Å²) in [4.78, 5) is 14.8. The third-order valence-electron chi connectivity index (χ3n) is 2.93. The van der Waals surface area contributed by atoms with E-state index in [9.17, 15) is 10.1 Å². The number of nitrogens with zero attached hydrogens (tertiary/aromatic N) is 3. The SMILES string of the molecule is CCn1ccnc1CNc1cc(C)ccc1[N+](=O)[O-]. The van der Waals surface area contributed by atoms with Crippen LogP contribution in [0.4, 0.5) is 11.4 Å². The minimum absolute atomic E-state index is 0.0835. The van der Waals surface area contributed by atoms with Crippen molar-refractivity contribution >= 4 is 11.4 Å². The second-order valence-electron chi connectivity index (χ2n) is 4.26. The molecule has 0 aliphatic heterocycles. The van der Waals surface area contributed by atoms with E-state index < -0.39 is 0 Å². The lowest BCUT2D eigenvalue weighted by atomic mass is 10.2. The largest absolute Gasteiger partial charge is 0.372 e. The van der Waals surface area contributed by atoms with Crippen LogP contribution in [0.2, 0.25) is 0 Å². The summed E-state index contributed by atoms with van der Waals surface area (Å²) in [5.41, 5.74) is 1.59. The zero-order valence-corrected chi connectivity index (χ0v) is 11.0. The number of aromatic nitrogens is 2. The maximum atomic E-state index is 11.0. The maximum absolute atomic E-state index is 11.0. The highest BCUT2D eigenvalue weighted by atomic mass is 16.6. The third-order valence-corrected chi connectivity index (χ3v) is 2.93. The fourth-order valence-corrected chi connectivity index (χ4v) is 1.92. The van der Waals surface area contributed by atoms with Gasteiger partial charge in [0.15, 0.2) is 0 Å². The van der Waals surface area contributed by atoms with Crippen molar-refractivity contribution in [2.45, 2.75) is 26.9 Å². The van der Waals surface area contributed by atoms with Gasteiger partial charge in [-0.25, -0.2) is 4.98 Å². The molecule has 19 heavy (non-hydrogen) atoms. The van der Waals surface area contributed by atoms with Gasteiger partial charge in [-0.2, -0.15) is 0 Å². The average molecular weight is 260 g/mol. The van der Waals surface area contributed by atoms with E-state index in [0.717, 1.165) is 17.9 Å². The van der Waals surface area contributed by atoms with Gasteiger partial charge in [-0.3, -0.25) is 10.1 Å². The first kappa shape index (κ1) is 13.1. The van der Waals surface area contributed by atoms with Gasteiger partial charge in [0.05, 0.1) is 11.5 Å². The van der Waals surface area contributed by atoms with E-state index in [-0.39, 0.29) is 10.6 Å². The first-order chi connectivity index (χ1) is 9.11. The minimum Gasteiger partial charge on any atom is -0.372 e. The highest BCUT2D eigenvalue weighted by Crippen LogP contribution is 2.25. The topological polar surface area (TPSA) is 73.0 Å². The van der Waals surface area contributed by atoms with Crippen LogP contribution in [0.5, 0.6) is 0 Å². The summed E-state index contributed by atoms with van der Waals surface area (Å²) in [6.07, 6.45) is 3.62. The van der Waals surface area contributed by atoms with Crippen LogP contribution >= 0.6 is 0 Å². The molecule has 0 amide bonds. The predicted molar refractivity (Wildman–Crippen MR) is 73.1 cm³/mol. The smallest absolute Gasteiger partial charge is 0.292 e. The molecule has 1 N–H and O–H groups in total. The summed E-state index contributed by atoms with van der Waals surface area (Å²) in [7, 11) is 0. The van der Waals surface area contributed by atoms with E-state index in [1.807, 2.05) is 24.6 Å². The van der Waals surface area contributed by atoms with Crippen LogP contribution in [-0.2, 0) is 13.1 Å². The molecule has 0 aliphatic carbocycles. The van der Waals surface area contributed by atoms with Gasteiger partial charge in [0.2, 0.25) is 0 Å². The summed E-state index contributed by atoms with van der Waals surface area (Å²) in [6.45, 7) is 5.22. The molecule has 0 atom stereocenters. The fourth-order valence-electron chi connectivity index (χ4n) is 1.92. The van der Waals surface area contributed by atoms with Crippen LogP contribution in [-0.4, -0.2) is 14.5 Å². The third kappa shape index (κ3) is 2.90. The van der Waals surface area contributed by atoms with Gasteiger partial charge in [0.1, 0.15) is 11.5 Å². The molecule has 2 aromatic rings. The quantitative estimate of drug-likeness (QED) is 0.662. The van der Waals surface area contributed by atoms with Crippen molar-refractivity contribution in [2.24, 2.45) is 0 Å². The second kappa shape index (κ2) is 5.51. The molecule has 0 aliphatic rings. The van der Waals surface area contributed by atoms with E-state index >= 15 is 0 Å². The lowest BCUT2D eigenvalue weighted by Gasteiger charge is -2.09. The van der Waals surface area contributed by atoms with Crippen molar-refractivity contribution in [3.63, 3.8) is 0 Å². The Bertz CT molecular complexity index is 592. The lowest BCUT2D eigenvalue weighted by molar-refractivity contribution is -0.384. The van der Waals surface area contributed by atoms with Crippen LogP contribution in [0.15, 0.2) is 30.6 Å². The van der Waals surface area contributed by atoms with E-state index in [0.29, 0.717) is 12.2 Å². The zero-order chi connectivity index (χ0) is 13.8. The molecule has 1 aromatic carbocycles. The van der Waals surface area contributed by atoms with E-state index in [1.54, 1.807) is 18.3 Å². The molecule has 0 unspecified atom stereocenters. The Balaban J connectivity index is 2.19. The number of rotatable bonds is 5. The summed E-state index contributed by atoms with van der Waals surface area (Å²) in [5.74, 6) is 0.860. The van der Waals surface area contributed by atoms with Gasteiger partial charge < -0.3 is 9.88 Å². The number of imidazole rings is 1. The van der Waals surface area contributed by atoms with Gasteiger partial charge in [-0.1, -0.05) is 6.07 Å². The van der Waals surface area contributed by atoms with E-state index in [4.69, 9.17) is 0 Å². The Morgan fingerprint density at radius 1 is 1.47 bits per heavy atom. The molecule has 0 saturated heterocycles. The highest BCUT2D eigenvalue weighted by molar-refractivity contribution is 5.62. The average Bonchev–Trinajstić information content (AvgIpc) is 2.83. The highest BCUT2D eigenvalue weighted by Gasteiger charge is 2.13. The molecule has 0 fully saturated rings. The monoisotopic (exact) mass is 260 g/mol. The Hall–Kier alpha value is -2.37. The fraction of sp³-hybridized carbons (Fsp3) is 0.308. The summed E-state index contributed by atoms with van der Waals surface area (Å²) in [6, 6.07) is 5.03. The van der Waals surface area contributed by atoms with Crippen LogP contribution in [0.1, 0.15) is 18.3 Å². The van der Waals surface area contributed by atoms with Gasteiger partial charge in [0, 0.05) is 25.0 Å². The summed E-state index contributed by atoms with van der Waals surface area (Å²) in [5, 5.41) is 14.0. The van der Waals surface area contributed by atoms with E-state index in [2.05, 4.69) is 10.3 Å². The van der Waals surface area contributed by atoms with Crippen molar-refractivity contribution in [2.75, 3.05) is 5.32 Å². The first-order valence-electron chi connectivity index (χ1n) is 6.10. The number of nitro benzene ring substituents is 1. The maximum Gasteiger partial charge on any atom is 0.292 e. The number of nitrogens with one attached hydrogen (secondary N) is 1. The summed E-state index contributed by atoms with van der Waals surface area (Å²) >= 11 is 0. The van der Waals surface area contributed by atoms with Crippen LogP contribution in [0.25, 0.3) is 0 Å². The standard InChI is InChI=1S/C13H16N4O2/c1-3-16-7-6-14-13(16)9-15-11-8-10(2)4-5-12(11)17(18)19/h4-8,15H,3,9H2,1-2H3. The van der Waals surface area contributed by atoms with Crippen molar-refractivity contribution in [3.05, 3.63) is 52.1 Å². The molecular formula is C13H16N4O2. The van der Waals surface area contributed by atoms with Crippen molar-refractivity contribution in [1.82, 2.24) is 9.55 Å². The van der Waals surface area contributed by atoms with Crippen LogP contribution < -0.4 is 5.32 Å². The molecule has 2 rings (SSSR count). The molecule has 0 bridgehead atoms. The molecular weight excluding hydrogens is 244 g/mol. The zero-order valence-electron chi connectivity index (χ0n) is 11.0. The number of aryl methyl sites for hydroxylation is 2. The lowest BCUT2D eigenvalue weighted by Crippen LogP contribution is -2.08. The van der Waals surface area contributed by atoms with E-state index in [1.165, 1.54) is 6.07 Å². The molecule has 0 spiro atoms. The van der Waals surface area contributed by atoms with Gasteiger partial charge in [0.25, 0.3) is 5.69 Å². The Kier molecular flexibility index (Phi) is 3.79. The number of benzene rings is 1. The Labute approximate surface area is 111 Å². The molecule has 1 aromatic heterocycles. The Morgan fingerprint density at radius 2 is 2.26 bits per heavy atom. The van der Waals surface area contributed by atoms with Crippen molar-refractivity contribution in [1.29, 1.82) is 0 Å². The predicted octanol–water partition coefficient (Wildman–Crippen LogP) is 2.73. The van der Waals surface area contributed by atoms with Crippen molar-refractivity contribution in [3.8, 4) is 0 Å². The van der Waals surface area contributed by atoms with Crippen molar-refractivity contribution < 1.29 is 4.92 Å². The van der Waals surface area contributed by atoms with Crippen LogP contribution in [0.3, 0.4) is 0 Å². The minimum atomic E-state index is -0.381. The van der Waals surface area contributed by atoms with Gasteiger partial charge in [-0.15, -0.1) is 0 Å². The number of nitro groups is 1. The first-order valence-corrected chi connectivity index (χ1v) is 6.10. The normalized spacial score (nSPS) is 10.4. The molecule has 6 nitrogen and oxygen atoms in total. The summed E-state index contributed by atoms with van der Waals surface area (Å²) < 4.78 is 1.99. The van der Waals surface area contributed by atoms with Crippen LogP contribution in [0, 0.1) is 17.0 Å². The Morgan fingerprint density at radius 3 is 2.95 bits per heavy atom. The molecule has 100 valence electrons. The molecule has 0 radical (unpaired) electrons.